The van der Waals surface area contributed by atoms with E-state index in [4.69, 9.17) is 5.73 Å². The Kier molecular flexibility index (Phi) is 5.34. The number of alkyl halides is 2. The second kappa shape index (κ2) is 7.98. The number of carbonyl (C=O) groups excluding carboxylic acids is 1. The van der Waals surface area contributed by atoms with Crippen LogP contribution in [0.4, 0.5) is 14.7 Å². The van der Waals surface area contributed by atoms with Gasteiger partial charge in [0.2, 0.25) is 5.95 Å². The average molecular weight is 424 g/mol. The molecule has 4 rings (SSSR count). The first kappa shape index (κ1) is 20.8. The van der Waals surface area contributed by atoms with Gasteiger partial charge in [0.25, 0.3) is 11.8 Å². The number of anilines is 1. The summed E-state index contributed by atoms with van der Waals surface area (Å²) in [6.07, 6.45) is 1.99. The topological polar surface area (TPSA) is 97.9 Å². The van der Waals surface area contributed by atoms with E-state index in [1.165, 1.54) is 6.20 Å². The van der Waals surface area contributed by atoms with E-state index in [0.717, 1.165) is 13.3 Å². The highest BCUT2D eigenvalue weighted by Gasteiger charge is 2.33. The highest BCUT2D eigenvalue weighted by molar-refractivity contribution is 5.94. The van der Waals surface area contributed by atoms with Crippen LogP contribution in [-0.4, -0.2) is 43.8 Å². The molecule has 1 amide bonds. The molecule has 0 bridgehead atoms. The van der Waals surface area contributed by atoms with E-state index in [-0.39, 0.29) is 23.3 Å². The Morgan fingerprint density at radius 2 is 1.94 bits per heavy atom. The van der Waals surface area contributed by atoms with Crippen LogP contribution in [0, 0.1) is 6.92 Å². The third-order valence-corrected chi connectivity index (χ3v) is 5.27. The molecule has 9 heteroatoms. The Hall–Kier alpha value is -3.49. The Morgan fingerprint density at radius 3 is 2.65 bits per heavy atom. The first-order chi connectivity index (χ1) is 14.7. The molecule has 1 aliphatic heterocycles. The third kappa shape index (κ3) is 4.35. The van der Waals surface area contributed by atoms with Crippen LogP contribution in [0.5, 0.6) is 0 Å². The van der Waals surface area contributed by atoms with Crippen LogP contribution in [0.1, 0.15) is 46.8 Å². The standard InChI is InChI=1S/C22H22F2N6O/c1-13-27-17(15-8-9-30(12-15)20(31)14-6-4-3-5-7-14)10-18(28-13)16-11-26-21(25)29-19(16)22(2,23)24/h3-7,10-11,15H,8-9,12H2,1-2H3,(H2,25,26,29). The van der Waals surface area contributed by atoms with Crippen LogP contribution in [-0.2, 0) is 5.92 Å². The van der Waals surface area contributed by atoms with Crippen molar-refractivity contribution in [2.45, 2.75) is 32.1 Å². The minimum absolute atomic E-state index is 0.0200. The fraction of sp³-hybridized carbons (Fsp3) is 0.318. The van der Waals surface area contributed by atoms with Crippen molar-refractivity contribution in [1.29, 1.82) is 0 Å². The summed E-state index contributed by atoms with van der Waals surface area (Å²) in [4.78, 5) is 31.0. The molecule has 1 aromatic carbocycles. The molecule has 0 saturated carbocycles. The maximum atomic E-state index is 14.2. The molecule has 31 heavy (non-hydrogen) atoms. The van der Waals surface area contributed by atoms with Gasteiger partial charge in [-0.1, -0.05) is 18.2 Å². The van der Waals surface area contributed by atoms with Crippen LogP contribution in [0.15, 0.2) is 42.6 Å². The number of aryl methyl sites for hydroxylation is 1. The Bertz CT molecular complexity index is 1120. The van der Waals surface area contributed by atoms with E-state index in [1.54, 1.807) is 30.0 Å². The fourth-order valence-corrected chi connectivity index (χ4v) is 3.80. The molecule has 1 unspecified atom stereocenters. The normalized spacial score (nSPS) is 16.5. The summed E-state index contributed by atoms with van der Waals surface area (Å²) >= 11 is 0. The van der Waals surface area contributed by atoms with E-state index in [1.807, 2.05) is 18.2 Å². The zero-order valence-corrected chi connectivity index (χ0v) is 17.2. The summed E-state index contributed by atoms with van der Waals surface area (Å²) in [7, 11) is 0. The van der Waals surface area contributed by atoms with Crippen molar-refractivity contribution in [3.8, 4) is 11.3 Å². The van der Waals surface area contributed by atoms with Crippen LogP contribution < -0.4 is 5.73 Å². The number of nitrogen functional groups attached to an aromatic ring is 1. The summed E-state index contributed by atoms with van der Waals surface area (Å²) < 4.78 is 28.3. The summed E-state index contributed by atoms with van der Waals surface area (Å²) in [5.74, 6) is -3.04. The van der Waals surface area contributed by atoms with Crippen molar-refractivity contribution < 1.29 is 13.6 Å². The van der Waals surface area contributed by atoms with Gasteiger partial charge in [-0.2, -0.15) is 8.78 Å². The molecule has 2 N–H and O–H groups in total. The summed E-state index contributed by atoms with van der Waals surface area (Å²) in [6, 6.07) is 10.8. The van der Waals surface area contributed by atoms with Crippen molar-refractivity contribution in [2.24, 2.45) is 0 Å². The van der Waals surface area contributed by atoms with Gasteiger partial charge in [0.1, 0.15) is 11.5 Å². The van der Waals surface area contributed by atoms with Crippen molar-refractivity contribution >= 4 is 11.9 Å². The van der Waals surface area contributed by atoms with Gasteiger partial charge in [0.05, 0.1) is 5.69 Å². The largest absolute Gasteiger partial charge is 0.368 e. The first-order valence-electron chi connectivity index (χ1n) is 9.93. The molecule has 7 nitrogen and oxygen atoms in total. The molecule has 1 atom stereocenters. The van der Waals surface area contributed by atoms with E-state index in [0.29, 0.717) is 35.9 Å². The highest BCUT2D eigenvalue weighted by atomic mass is 19.3. The van der Waals surface area contributed by atoms with Crippen molar-refractivity contribution in [3.63, 3.8) is 0 Å². The zero-order chi connectivity index (χ0) is 22.2. The number of amides is 1. The minimum atomic E-state index is -3.21. The number of nitrogens with two attached hydrogens (primary N) is 1. The molecule has 1 fully saturated rings. The number of aromatic nitrogens is 4. The number of likely N-dealkylation sites (tertiary alicyclic amines) is 1. The lowest BCUT2D eigenvalue weighted by atomic mass is 10.0. The van der Waals surface area contributed by atoms with Crippen molar-refractivity contribution in [3.05, 3.63) is 65.4 Å². The number of hydrogen-bond donors (Lipinski definition) is 1. The Labute approximate surface area is 178 Å². The van der Waals surface area contributed by atoms with Gasteiger partial charge in [-0.05, 0) is 31.5 Å². The lowest BCUT2D eigenvalue weighted by Crippen LogP contribution is -2.28. The quantitative estimate of drug-likeness (QED) is 0.688. The van der Waals surface area contributed by atoms with Gasteiger partial charge >= 0.3 is 0 Å². The Morgan fingerprint density at radius 1 is 1.19 bits per heavy atom. The number of carbonyl (C=O) groups is 1. The number of benzene rings is 1. The average Bonchev–Trinajstić information content (AvgIpc) is 3.23. The lowest BCUT2D eigenvalue weighted by Gasteiger charge is -2.18. The highest BCUT2D eigenvalue weighted by Crippen LogP contribution is 2.35. The zero-order valence-electron chi connectivity index (χ0n) is 17.2. The molecular formula is C22H22F2N6O. The predicted molar refractivity (Wildman–Crippen MR) is 111 cm³/mol. The molecule has 0 spiro atoms. The molecule has 3 aromatic rings. The maximum absolute atomic E-state index is 14.2. The molecular weight excluding hydrogens is 402 g/mol. The van der Waals surface area contributed by atoms with Crippen molar-refractivity contribution in [2.75, 3.05) is 18.8 Å². The van der Waals surface area contributed by atoms with Gasteiger partial charge in [0.15, 0.2) is 0 Å². The second-order valence-corrected chi connectivity index (χ2v) is 7.71. The molecule has 160 valence electrons. The molecule has 0 radical (unpaired) electrons. The summed E-state index contributed by atoms with van der Waals surface area (Å²) in [5, 5.41) is 0. The number of halogens is 2. The second-order valence-electron chi connectivity index (χ2n) is 7.71. The van der Waals surface area contributed by atoms with Crippen LogP contribution in [0.3, 0.4) is 0 Å². The van der Waals surface area contributed by atoms with Crippen molar-refractivity contribution in [1.82, 2.24) is 24.8 Å². The van der Waals surface area contributed by atoms with Crippen LogP contribution in [0.2, 0.25) is 0 Å². The lowest BCUT2D eigenvalue weighted by molar-refractivity contribution is 0.0134. The number of hydrogen-bond acceptors (Lipinski definition) is 6. The van der Waals surface area contributed by atoms with Gasteiger partial charge in [0, 0.05) is 48.9 Å². The van der Waals surface area contributed by atoms with E-state index in [9.17, 15) is 13.6 Å². The molecule has 2 aromatic heterocycles. The van der Waals surface area contributed by atoms with E-state index in [2.05, 4.69) is 19.9 Å². The van der Waals surface area contributed by atoms with Gasteiger partial charge in [-0.15, -0.1) is 0 Å². The smallest absolute Gasteiger partial charge is 0.287 e. The predicted octanol–water partition coefficient (Wildman–Crippen LogP) is 3.57. The monoisotopic (exact) mass is 424 g/mol. The van der Waals surface area contributed by atoms with Gasteiger partial charge in [-0.25, -0.2) is 19.9 Å². The fourth-order valence-electron chi connectivity index (χ4n) is 3.80. The van der Waals surface area contributed by atoms with E-state index >= 15 is 0 Å². The van der Waals surface area contributed by atoms with Crippen LogP contribution in [0.25, 0.3) is 11.3 Å². The summed E-state index contributed by atoms with van der Waals surface area (Å²) in [5.41, 5.74) is 6.82. The molecule has 0 aliphatic carbocycles. The summed E-state index contributed by atoms with van der Waals surface area (Å²) in [6.45, 7) is 3.56. The Balaban J connectivity index is 1.64. The number of rotatable bonds is 4. The first-order valence-corrected chi connectivity index (χ1v) is 9.93. The third-order valence-electron chi connectivity index (χ3n) is 5.27. The maximum Gasteiger partial charge on any atom is 0.287 e. The number of nitrogens with zero attached hydrogens (tertiary/aromatic N) is 5. The molecule has 3 heterocycles. The minimum Gasteiger partial charge on any atom is -0.368 e. The van der Waals surface area contributed by atoms with E-state index < -0.39 is 11.6 Å². The van der Waals surface area contributed by atoms with Gasteiger partial charge < -0.3 is 10.6 Å². The molecule has 1 aliphatic rings. The molecule has 1 saturated heterocycles. The SMILES string of the molecule is Cc1nc(-c2cnc(N)nc2C(C)(F)F)cc(C2CCN(C(=O)c3ccccc3)C2)n1. The van der Waals surface area contributed by atoms with Crippen LogP contribution >= 0.6 is 0 Å². The van der Waals surface area contributed by atoms with Gasteiger partial charge in [-0.3, -0.25) is 4.79 Å².